The number of ether oxygens (including phenoxy) is 1. The molecule has 0 spiro atoms. The molecule has 1 amide bonds. The first-order valence-corrected chi connectivity index (χ1v) is 4.93. The van der Waals surface area contributed by atoms with Gasteiger partial charge in [0.25, 0.3) is 0 Å². The highest BCUT2D eigenvalue weighted by Gasteiger charge is 2.37. The molecule has 1 heterocycles. The average molecular weight is 199 g/mol. The van der Waals surface area contributed by atoms with E-state index in [4.69, 9.17) is 4.74 Å². The Morgan fingerprint density at radius 3 is 2.79 bits per heavy atom. The normalized spacial score (nSPS) is 20.8. The van der Waals surface area contributed by atoms with Gasteiger partial charge in [0.05, 0.1) is 13.2 Å². The summed E-state index contributed by atoms with van der Waals surface area (Å²) in [7, 11) is 0. The Morgan fingerprint density at radius 2 is 2.21 bits per heavy atom. The lowest BCUT2D eigenvalue weighted by atomic mass is 9.90. The number of amides is 1. The third-order valence-electron chi connectivity index (χ3n) is 2.57. The summed E-state index contributed by atoms with van der Waals surface area (Å²) in [5.74, 6) is 0.109. The van der Waals surface area contributed by atoms with Crippen molar-refractivity contribution in [3.8, 4) is 0 Å². The lowest BCUT2D eigenvalue weighted by molar-refractivity contribution is -0.124. The van der Waals surface area contributed by atoms with Gasteiger partial charge in [-0.25, -0.2) is 4.79 Å². The first-order valence-electron chi connectivity index (χ1n) is 4.93. The predicted molar refractivity (Wildman–Crippen MR) is 52.0 cm³/mol. The number of ketones is 1. The summed E-state index contributed by atoms with van der Waals surface area (Å²) in [6.07, 6.45) is 0.888. The van der Waals surface area contributed by atoms with Crippen LogP contribution < -0.4 is 0 Å². The fourth-order valence-electron chi connectivity index (χ4n) is 1.56. The minimum absolute atomic E-state index is 0.109. The third-order valence-corrected chi connectivity index (χ3v) is 2.57. The molecule has 14 heavy (non-hydrogen) atoms. The maximum absolute atomic E-state index is 11.5. The van der Waals surface area contributed by atoms with Gasteiger partial charge in [-0.3, -0.25) is 9.69 Å². The van der Waals surface area contributed by atoms with Crippen LogP contribution in [-0.4, -0.2) is 35.5 Å². The highest BCUT2D eigenvalue weighted by atomic mass is 16.6. The second-order valence-electron chi connectivity index (χ2n) is 4.14. The molecular weight excluding hydrogens is 182 g/mol. The number of rotatable bonds is 1. The van der Waals surface area contributed by atoms with Gasteiger partial charge in [-0.1, -0.05) is 0 Å². The van der Waals surface area contributed by atoms with E-state index in [1.54, 1.807) is 6.92 Å². The summed E-state index contributed by atoms with van der Waals surface area (Å²) in [6.45, 7) is 6.20. The van der Waals surface area contributed by atoms with Crippen molar-refractivity contribution in [1.29, 1.82) is 0 Å². The summed E-state index contributed by atoms with van der Waals surface area (Å²) < 4.78 is 4.90. The molecule has 0 aromatic heterocycles. The molecule has 4 heteroatoms. The molecule has 0 aromatic carbocycles. The Morgan fingerprint density at radius 1 is 1.57 bits per heavy atom. The van der Waals surface area contributed by atoms with Crippen LogP contribution >= 0.6 is 0 Å². The average Bonchev–Trinajstić information content (AvgIpc) is 2.10. The minimum atomic E-state index is -0.384. The van der Waals surface area contributed by atoms with Gasteiger partial charge in [0.15, 0.2) is 5.78 Å². The molecule has 0 radical (unpaired) electrons. The van der Waals surface area contributed by atoms with Crippen LogP contribution in [0.2, 0.25) is 0 Å². The number of carbonyl (C=O) groups is 2. The third kappa shape index (κ3) is 2.25. The van der Waals surface area contributed by atoms with E-state index in [0.29, 0.717) is 19.4 Å². The lowest BCUT2D eigenvalue weighted by Crippen LogP contribution is -2.53. The lowest BCUT2D eigenvalue weighted by Gasteiger charge is -2.40. The molecule has 1 saturated heterocycles. The van der Waals surface area contributed by atoms with E-state index < -0.39 is 0 Å². The van der Waals surface area contributed by atoms with Gasteiger partial charge >= 0.3 is 6.09 Å². The van der Waals surface area contributed by atoms with Crippen molar-refractivity contribution < 1.29 is 14.3 Å². The Bertz CT molecular complexity index is 248. The fraction of sp³-hybridized carbons (Fsp3) is 0.800. The number of carbonyl (C=O) groups excluding carboxylic acids is 2. The quantitative estimate of drug-likeness (QED) is 0.644. The molecular formula is C10H17NO3. The van der Waals surface area contributed by atoms with E-state index in [1.165, 1.54) is 4.90 Å². The molecule has 1 aliphatic rings. The smallest absolute Gasteiger partial charge is 0.410 e. The zero-order valence-electron chi connectivity index (χ0n) is 9.00. The van der Waals surface area contributed by atoms with Crippen LogP contribution in [0, 0.1) is 0 Å². The van der Waals surface area contributed by atoms with Gasteiger partial charge in [-0.15, -0.1) is 0 Å². The predicted octanol–water partition coefficient (Wildman–Crippen LogP) is 1.59. The van der Waals surface area contributed by atoms with E-state index in [9.17, 15) is 9.59 Å². The monoisotopic (exact) mass is 199 g/mol. The number of hydrogen-bond donors (Lipinski definition) is 0. The van der Waals surface area contributed by atoms with Gasteiger partial charge in [0, 0.05) is 12.0 Å². The maximum atomic E-state index is 11.5. The van der Waals surface area contributed by atoms with E-state index in [1.807, 2.05) is 13.8 Å². The molecule has 0 bridgehead atoms. The molecule has 1 aliphatic heterocycles. The number of piperidine rings is 1. The molecule has 0 unspecified atom stereocenters. The topological polar surface area (TPSA) is 46.6 Å². The van der Waals surface area contributed by atoms with Gasteiger partial charge in [-0.05, 0) is 27.2 Å². The van der Waals surface area contributed by atoms with E-state index in [-0.39, 0.29) is 24.0 Å². The number of nitrogens with zero attached hydrogens (tertiary/aromatic N) is 1. The van der Waals surface area contributed by atoms with Crippen LogP contribution in [0.5, 0.6) is 0 Å². The Labute approximate surface area is 84.2 Å². The molecule has 0 aromatic rings. The van der Waals surface area contributed by atoms with Gasteiger partial charge < -0.3 is 4.74 Å². The molecule has 1 rings (SSSR count). The van der Waals surface area contributed by atoms with Crippen LogP contribution in [0.25, 0.3) is 0 Å². The van der Waals surface area contributed by atoms with Crippen LogP contribution in [0.4, 0.5) is 4.79 Å². The Kier molecular flexibility index (Phi) is 3.13. The zero-order valence-corrected chi connectivity index (χ0v) is 9.00. The van der Waals surface area contributed by atoms with E-state index >= 15 is 0 Å². The van der Waals surface area contributed by atoms with Gasteiger partial charge in [0.2, 0.25) is 0 Å². The molecule has 80 valence electrons. The number of likely N-dealkylation sites (tertiary alicyclic amines) is 1. The highest BCUT2D eigenvalue weighted by molar-refractivity contribution is 5.85. The van der Waals surface area contributed by atoms with Crippen molar-refractivity contribution in [3.63, 3.8) is 0 Å². The van der Waals surface area contributed by atoms with Crippen molar-refractivity contribution in [2.45, 2.75) is 39.2 Å². The molecule has 4 nitrogen and oxygen atoms in total. The summed E-state index contributed by atoms with van der Waals surface area (Å²) in [5, 5.41) is 0. The summed E-state index contributed by atoms with van der Waals surface area (Å²) in [5.41, 5.74) is -0.264. The van der Waals surface area contributed by atoms with Crippen molar-refractivity contribution in [2.75, 3.05) is 13.2 Å². The minimum Gasteiger partial charge on any atom is -0.450 e. The summed E-state index contributed by atoms with van der Waals surface area (Å²) in [6, 6.07) is 0. The fourth-order valence-corrected chi connectivity index (χ4v) is 1.56. The van der Waals surface area contributed by atoms with Crippen molar-refractivity contribution in [2.24, 2.45) is 0 Å². The van der Waals surface area contributed by atoms with E-state index in [0.717, 1.165) is 0 Å². The standard InChI is InChI=1S/C10H17NO3/c1-4-14-9(13)11-7-8(12)5-6-10(11,2)3/h4-7H2,1-3H3. The molecule has 0 atom stereocenters. The Hall–Kier alpha value is -1.06. The van der Waals surface area contributed by atoms with Crippen molar-refractivity contribution in [1.82, 2.24) is 4.90 Å². The van der Waals surface area contributed by atoms with Crippen molar-refractivity contribution >= 4 is 11.9 Å². The van der Waals surface area contributed by atoms with Crippen LogP contribution in [-0.2, 0) is 9.53 Å². The van der Waals surface area contributed by atoms with Gasteiger partial charge in [0.1, 0.15) is 0 Å². The highest BCUT2D eigenvalue weighted by Crippen LogP contribution is 2.26. The summed E-state index contributed by atoms with van der Waals surface area (Å²) in [4.78, 5) is 24.2. The first kappa shape index (κ1) is 11.0. The second kappa shape index (κ2) is 3.98. The van der Waals surface area contributed by atoms with Crippen LogP contribution in [0.1, 0.15) is 33.6 Å². The van der Waals surface area contributed by atoms with Gasteiger partial charge in [-0.2, -0.15) is 0 Å². The summed E-state index contributed by atoms with van der Waals surface area (Å²) >= 11 is 0. The maximum Gasteiger partial charge on any atom is 0.410 e. The molecule has 0 aliphatic carbocycles. The largest absolute Gasteiger partial charge is 0.450 e. The zero-order chi connectivity index (χ0) is 10.8. The molecule has 0 N–H and O–H groups in total. The second-order valence-corrected chi connectivity index (χ2v) is 4.14. The van der Waals surface area contributed by atoms with Crippen molar-refractivity contribution in [3.05, 3.63) is 0 Å². The molecule has 0 saturated carbocycles. The van der Waals surface area contributed by atoms with Crippen LogP contribution in [0.15, 0.2) is 0 Å². The van der Waals surface area contributed by atoms with E-state index in [2.05, 4.69) is 0 Å². The number of Topliss-reactive ketones (excluding diaryl/α,β-unsaturated/α-hetero) is 1. The SMILES string of the molecule is CCOC(=O)N1CC(=O)CCC1(C)C. The molecule has 1 fully saturated rings. The number of hydrogen-bond acceptors (Lipinski definition) is 3. The Balaban J connectivity index is 2.71. The van der Waals surface area contributed by atoms with Crippen LogP contribution in [0.3, 0.4) is 0 Å². The first-order chi connectivity index (χ1) is 6.47.